The van der Waals surface area contributed by atoms with E-state index in [1.807, 2.05) is 45.0 Å². The highest BCUT2D eigenvalue weighted by Gasteiger charge is 2.28. The normalized spacial score (nSPS) is 15.8. The second-order valence-electron chi connectivity index (χ2n) is 9.79. The molecule has 0 spiro atoms. The summed E-state index contributed by atoms with van der Waals surface area (Å²) in [5, 5.41) is 13.1. The van der Waals surface area contributed by atoms with Crippen LogP contribution in [0.5, 0.6) is 5.75 Å². The van der Waals surface area contributed by atoms with Gasteiger partial charge in [-0.3, -0.25) is 4.79 Å². The van der Waals surface area contributed by atoms with Crippen LogP contribution in [0.3, 0.4) is 0 Å². The number of carboxylic acid groups (broad SMARTS) is 1. The number of hydrogen-bond acceptors (Lipinski definition) is 8. The highest BCUT2D eigenvalue weighted by atomic mass is 32.1. The number of anilines is 1. The van der Waals surface area contributed by atoms with Gasteiger partial charge in [-0.05, 0) is 50.8 Å². The summed E-state index contributed by atoms with van der Waals surface area (Å²) < 4.78 is 12.5. The number of aromatic carboxylic acids is 1. The smallest absolute Gasteiger partial charge is 0.407 e. The molecule has 1 fully saturated rings. The van der Waals surface area contributed by atoms with E-state index in [-0.39, 0.29) is 11.5 Å². The molecule has 3 aromatic rings. The number of aromatic nitrogens is 2. The van der Waals surface area contributed by atoms with Crippen molar-refractivity contribution in [2.45, 2.75) is 39.3 Å². The number of alkyl carbamates (subject to hydrolysis) is 1. The van der Waals surface area contributed by atoms with Gasteiger partial charge in [0.1, 0.15) is 21.6 Å². The van der Waals surface area contributed by atoms with Crippen molar-refractivity contribution in [3.63, 3.8) is 0 Å². The number of pyridine rings is 1. The fourth-order valence-corrected chi connectivity index (χ4v) is 5.16. The fraction of sp³-hybridized carbons (Fsp3) is 0.440. The van der Waals surface area contributed by atoms with Crippen LogP contribution in [-0.4, -0.2) is 59.1 Å². The maximum Gasteiger partial charge on any atom is 0.407 e. The van der Waals surface area contributed by atoms with Gasteiger partial charge in [0.2, 0.25) is 5.43 Å². The summed E-state index contributed by atoms with van der Waals surface area (Å²) in [6.45, 7) is 7.66. The predicted octanol–water partition coefficient (Wildman–Crippen LogP) is 3.56. The van der Waals surface area contributed by atoms with Gasteiger partial charge in [-0.1, -0.05) is 23.5 Å². The third-order valence-corrected chi connectivity index (χ3v) is 6.94. The third-order valence-electron chi connectivity index (χ3n) is 5.84. The Morgan fingerprint density at radius 3 is 2.61 bits per heavy atom. The summed E-state index contributed by atoms with van der Waals surface area (Å²) in [5.74, 6) is -0.345. The molecule has 192 valence electrons. The zero-order valence-electron chi connectivity index (χ0n) is 20.7. The zero-order valence-corrected chi connectivity index (χ0v) is 21.6. The number of nitrogens with zero attached hydrogens (tertiary/aromatic N) is 3. The maximum absolute atomic E-state index is 12.9. The van der Waals surface area contributed by atoms with E-state index < -0.39 is 23.1 Å². The molecule has 3 heterocycles. The number of carbonyl (C=O) groups is 2. The molecule has 0 aliphatic carbocycles. The molecule has 1 aromatic carbocycles. The number of carboxylic acids is 1. The van der Waals surface area contributed by atoms with Crippen molar-refractivity contribution in [3.8, 4) is 5.75 Å². The van der Waals surface area contributed by atoms with Gasteiger partial charge >= 0.3 is 12.1 Å². The van der Waals surface area contributed by atoms with Gasteiger partial charge in [0.25, 0.3) is 0 Å². The molecule has 4 rings (SSSR count). The van der Waals surface area contributed by atoms with Crippen LogP contribution in [0.2, 0.25) is 0 Å². The van der Waals surface area contributed by atoms with Gasteiger partial charge in [-0.15, -0.1) is 0 Å². The first-order valence-corrected chi connectivity index (χ1v) is 12.5. The Hall–Kier alpha value is -3.60. The van der Waals surface area contributed by atoms with Crippen LogP contribution in [-0.2, 0) is 11.3 Å². The summed E-state index contributed by atoms with van der Waals surface area (Å²) in [6.07, 6.45) is 1.76. The monoisotopic (exact) mass is 514 g/mol. The van der Waals surface area contributed by atoms with E-state index in [0.29, 0.717) is 35.1 Å². The quantitative estimate of drug-likeness (QED) is 0.491. The van der Waals surface area contributed by atoms with Gasteiger partial charge in [0.05, 0.1) is 7.11 Å². The molecule has 1 aliphatic rings. The van der Waals surface area contributed by atoms with E-state index in [2.05, 4.69) is 10.2 Å². The zero-order chi connectivity index (χ0) is 26.0. The molecule has 1 saturated heterocycles. The molecule has 1 amide bonds. The maximum atomic E-state index is 12.9. The number of carbonyl (C=O) groups excluding carboxylic acids is 1. The average Bonchev–Trinajstić information content (AvgIpc) is 3.46. The minimum absolute atomic E-state index is 0.206. The SMILES string of the molecule is COc1ccc(Cn2cc(C(=O)O)c(=O)c3sc(N4CC[C@H](CNC(=O)OC(C)(C)C)C4)nc32)cc1. The average molecular weight is 515 g/mol. The van der Waals surface area contributed by atoms with Crippen molar-refractivity contribution in [1.29, 1.82) is 0 Å². The Balaban J connectivity index is 1.56. The van der Waals surface area contributed by atoms with E-state index in [0.717, 1.165) is 24.3 Å². The van der Waals surface area contributed by atoms with Gasteiger partial charge < -0.3 is 29.4 Å². The molecule has 1 aliphatic heterocycles. The summed E-state index contributed by atoms with van der Waals surface area (Å²) in [5.41, 5.74) is -0.00220. The summed E-state index contributed by atoms with van der Waals surface area (Å²) in [6, 6.07) is 7.43. The highest BCUT2D eigenvalue weighted by molar-refractivity contribution is 7.22. The number of benzene rings is 1. The Labute approximate surface area is 212 Å². The lowest BCUT2D eigenvalue weighted by Crippen LogP contribution is -2.36. The summed E-state index contributed by atoms with van der Waals surface area (Å²) in [7, 11) is 1.59. The van der Waals surface area contributed by atoms with Crippen molar-refractivity contribution in [2.24, 2.45) is 5.92 Å². The van der Waals surface area contributed by atoms with Gasteiger partial charge in [0.15, 0.2) is 10.8 Å². The number of methoxy groups -OCH3 is 1. The summed E-state index contributed by atoms with van der Waals surface area (Å²) in [4.78, 5) is 43.5. The molecule has 11 heteroatoms. The van der Waals surface area contributed by atoms with Crippen LogP contribution in [0.15, 0.2) is 35.3 Å². The standard InChI is InChI=1S/C25H30N4O6S/c1-25(2,3)35-24(33)26-11-16-9-10-28(13-16)23-27-21-20(36-23)19(30)18(22(31)32)14-29(21)12-15-5-7-17(34-4)8-6-15/h5-8,14,16H,9-13H2,1-4H3,(H,26,33)(H,31,32)/t16-/m1/s1. The molecular weight excluding hydrogens is 484 g/mol. The number of amides is 1. The third kappa shape index (κ3) is 5.78. The summed E-state index contributed by atoms with van der Waals surface area (Å²) >= 11 is 1.20. The first-order chi connectivity index (χ1) is 17.0. The van der Waals surface area contributed by atoms with Crippen LogP contribution in [0.4, 0.5) is 9.93 Å². The van der Waals surface area contributed by atoms with Crippen LogP contribution in [0, 0.1) is 5.92 Å². The van der Waals surface area contributed by atoms with Crippen LogP contribution in [0.1, 0.15) is 43.1 Å². The van der Waals surface area contributed by atoms with E-state index >= 15 is 0 Å². The lowest BCUT2D eigenvalue weighted by atomic mass is 10.1. The number of fused-ring (bicyclic) bond motifs is 1. The fourth-order valence-electron chi connectivity index (χ4n) is 4.09. The Kier molecular flexibility index (Phi) is 7.21. The lowest BCUT2D eigenvalue weighted by Gasteiger charge is -2.20. The minimum Gasteiger partial charge on any atom is -0.497 e. The van der Waals surface area contributed by atoms with Crippen molar-refractivity contribution in [2.75, 3.05) is 31.6 Å². The Bertz CT molecular complexity index is 1330. The van der Waals surface area contributed by atoms with Gasteiger partial charge in [-0.2, -0.15) is 0 Å². The van der Waals surface area contributed by atoms with E-state index in [1.165, 1.54) is 17.5 Å². The molecule has 0 bridgehead atoms. The number of hydrogen-bond donors (Lipinski definition) is 2. The van der Waals surface area contributed by atoms with Crippen LogP contribution in [0.25, 0.3) is 10.3 Å². The van der Waals surface area contributed by atoms with Crippen molar-refractivity contribution in [3.05, 3.63) is 51.8 Å². The van der Waals surface area contributed by atoms with E-state index in [1.54, 1.807) is 11.7 Å². The molecule has 36 heavy (non-hydrogen) atoms. The molecule has 0 saturated carbocycles. The van der Waals surface area contributed by atoms with Crippen molar-refractivity contribution >= 4 is 38.9 Å². The molecule has 0 radical (unpaired) electrons. The Morgan fingerprint density at radius 1 is 1.25 bits per heavy atom. The minimum atomic E-state index is -1.27. The molecular formula is C25H30N4O6S. The second kappa shape index (κ2) is 10.2. The van der Waals surface area contributed by atoms with Gasteiger partial charge in [-0.25, -0.2) is 14.6 Å². The second-order valence-corrected chi connectivity index (χ2v) is 10.8. The number of nitrogens with one attached hydrogen (secondary N) is 1. The predicted molar refractivity (Wildman–Crippen MR) is 137 cm³/mol. The lowest BCUT2D eigenvalue weighted by molar-refractivity contribution is 0.0520. The first kappa shape index (κ1) is 25.5. The first-order valence-electron chi connectivity index (χ1n) is 11.7. The molecule has 2 N–H and O–H groups in total. The van der Waals surface area contributed by atoms with E-state index in [9.17, 15) is 19.5 Å². The molecule has 1 atom stereocenters. The van der Waals surface area contributed by atoms with Gasteiger partial charge in [0, 0.05) is 32.4 Å². The van der Waals surface area contributed by atoms with Crippen molar-refractivity contribution < 1.29 is 24.2 Å². The van der Waals surface area contributed by atoms with Crippen LogP contribution < -0.4 is 20.4 Å². The largest absolute Gasteiger partial charge is 0.497 e. The van der Waals surface area contributed by atoms with Crippen LogP contribution >= 0.6 is 11.3 Å². The molecule has 0 unspecified atom stereocenters. The number of thiazole rings is 1. The Morgan fingerprint density at radius 2 is 1.97 bits per heavy atom. The van der Waals surface area contributed by atoms with E-state index in [4.69, 9.17) is 14.5 Å². The highest BCUT2D eigenvalue weighted by Crippen LogP contribution is 2.31. The molecule has 2 aromatic heterocycles. The molecule has 10 nitrogen and oxygen atoms in total. The topological polar surface area (TPSA) is 123 Å². The number of rotatable bonds is 7. The number of ether oxygens (including phenoxy) is 2. The van der Waals surface area contributed by atoms with Crippen molar-refractivity contribution in [1.82, 2.24) is 14.9 Å².